The van der Waals surface area contributed by atoms with Gasteiger partial charge in [0, 0.05) is 13.1 Å². The maximum atomic E-state index is 11.8. The van der Waals surface area contributed by atoms with Crippen molar-refractivity contribution in [1.29, 1.82) is 0 Å². The molecule has 23 heavy (non-hydrogen) atoms. The molecule has 0 aromatic heterocycles. The van der Waals surface area contributed by atoms with Crippen LogP contribution in [0.3, 0.4) is 0 Å². The van der Waals surface area contributed by atoms with Crippen molar-refractivity contribution in [2.75, 3.05) is 25.6 Å². The molecular formula is C17H25ClN2O3. The molecule has 1 aromatic rings. The molecule has 0 aliphatic rings. The summed E-state index contributed by atoms with van der Waals surface area (Å²) in [5.41, 5.74) is 2.16. The quantitative estimate of drug-likeness (QED) is 0.590. The van der Waals surface area contributed by atoms with Gasteiger partial charge in [0.05, 0.1) is 0 Å². The van der Waals surface area contributed by atoms with Crippen LogP contribution >= 0.6 is 11.6 Å². The van der Waals surface area contributed by atoms with Crippen LogP contribution in [0, 0.1) is 6.92 Å². The number of ether oxygens (including phenoxy) is 1. The Bertz CT molecular complexity index is 553. The SMILES string of the molecule is Cc1ccc(OCC(=O)NCCNC(=O)CCl)c(C(C)(C)C)c1. The Morgan fingerprint density at radius 3 is 2.30 bits per heavy atom. The minimum absolute atomic E-state index is 0.0599. The van der Waals surface area contributed by atoms with Gasteiger partial charge in [-0.1, -0.05) is 38.5 Å². The molecule has 2 N–H and O–H groups in total. The fourth-order valence-corrected chi connectivity index (χ4v) is 2.10. The molecule has 128 valence electrons. The first-order valence-corrected chi connectivity index (χ1v) is 8.11. The van der Waals surface area contributed by atoms with Crippen LogP contribution in [0.4, 0.5) is 0 Å². The topological polar surface area (TPSA) is 67.4 Å². The van der Waals surface area contributed by atoms with E-state index in [0.717, 1.165) is 11.1 Å². The standard InChI is InChI=1S/C17H25ClN2O3/c1-12-5-6-14(13(9-12)17(2,3)4)23-11-16(22)20-8-7-19-15(21)10-18/h5-6,9H,7-8,10-11H2,1-4H3,(H,19,21)(H,20,22). The zero-order valence-corrected chi connectivity index (χ0v) is 14.9. The average Bonchev–Trinajstić information content (AvgIpc) is 2.49. The highest BCUT2D eigenvalue weighted by Crippen LogP contribution is 2.32. The normalized spacial score (nSPS) is 11.0. The molecule has 0 aliphatic heterocycles. The maximum Gasteiger partial charge on any atom is 0.258 e. The van der Waals surface area contributed by atoms with Gasteiger partial charge in [-0.2, -0.15) is 0 Å². The van der Waals surface area contributed by atoms with Crippen molar-refractivity contribution in [1.82, 2.24) is 10.6 Å². The maximum absolute atomic E-state index is 11.8. The molecule has 2 amide bonds. The lowest BCUT2D eigenvalue weighted by molar-refractivity contribution is -0.123. The lowest BCUT2D eigenvalue weighted by atomic mass is 9.85. The summed E-state index contributed by atoms with van der Waals surface area (Å²) in [6.07, 6.45) is 0. The second kappa shape index (κ2) is 8.77. The summed E-state index contributed by atoms with van der Waals surface area (Å²) < 4.78 is 5.66. The van der Waals surface area contributed by atoms with Gasteiger partial charge in [0.1, 0.15) is 11.6 Å². The van der Waals surface area contributed by atoms with Crippen LogP contribution in [0.5, 0.6) is 5.75 Å². The van der Waals surface area contributed by atoms with Crippen LogP contribution in [0.1, 0.15) is 31.9 Å². The van der Waals surface area contributed by atoms with Crippen LogP contribution in [0.2, 0.25) is 0 Å². The van der Waals surface area contributed by atoms with Crippen molar-refractivity contribution >= 4 is 23.4 Å². The van der Waals surface area contributed by atoms with Gasteiger partial charge >= 0.3 is 0 Å². The van der Waals surface area contributed by atoms with E-state index in [4.69, 9.17) is 16.3 Å². The van der Waals surface area contributed by atoms with Crippen molar-refractivity contribution < 1.29 is 14.3 Å². The number of amides is 2. The third kappa shape index (κ3) is 6.91. The van der Waals surface area contributed by atoms with Gasteiger partial charge in [0.2, 0.25) is 5.91 Å². The molecular weight excluding hydrogens is 316 g/mol. The van der Waals surface area contributed by atoms with E-state index in [1.54, 1.807) is 0 Å². The smallest absolute Gasteiger partial charge is 0.258 e. The summed E-state index contributed by atoms with van der Waals surface area (Å²) >= 11 is 5.35. The molecule has 5 nitrogen and oxygen atoms in total. The monoisotopic (exact) mass is 340 g/mol. The predicted molar refractivity (Wildman–Crippen MR) is 92.1 cm³/mol. The van der Waals surface area contributed by atoms with E-state index in [1.165, 1.54) is 0 Å². The van der Waals surface area contributed by atoms with Crippen LogP contribution < -0.4 is 15.4 Å². The Labute approximate surface area is 142 Å². The first-order chi connectivity index (χ1) is 10.7. The number of rotatable bonds is 7. The van der Waals surface area contributed by atoms with Crippen LogP contribution in [-0.2, 0) is 15.0 Å². The number of hydrogen-bond acceptors (Lipinski definition) is 3. The fraction of sp³-hybridized carbons (Fsp3) is 0.529. The summed E-state index contributed by atoms with van der Waals surface area (Å²) in [4.78, 5) is 22.7. The van der Waals surface area contributed by atoms with Crippen LogP contribution in [0.15, 0.2) is 18.2 Å². The van der Waals surface area contributed by atoms with Gasteiger partial charge in [-0.3, -0.25) is 9.59 Å². The van der Waals surface area contributed by atoms with Crippen molar-refractivity contribution in [2.45, 2.75) is 33.1 Å². The molecule has 0 spiro atoms. The van der Waals surface area contributed by atoms with Crippen molar-refractivity contribution in [2.24, 2.45) is 0 Å². The van der Waals surface area contributed by atoms with E-state index < -0.39 is 0 Å². The molecule has 0 atom stereocenters. The minimum atomic E-state index is -0.258. The Hall–Kier alpha value is -1.75. The molecule has 1 aromatic carbocycles. The number of halogens is 1. The zero-order chi connectivity index (χ0) is 17.5. The van der Waals surface area contributed by atoms with Crippen molar-refractivity contribution in [3.05, 3.63) is 29.3 Å². The van der Waals surface area contributed by atoms with Crippen molar-refractivity contribution in [3.63, 3.8) is 0 Å². The summed E-state index contributed by atoms with van der Waals surface area (Å²) in [6, 6.07) is 5.93. The second-order valence-corrected chi connectivity index (χ2v) is 6.64. The van der Waals surface area contributed by atoms with E-state index >= 15 is 0 Å². The Balaban J connectivity index is 2.49. The molecule has 0 unspecified atom stereocenters. The molecule has 6 heteroatoms. The van der Waals surface area contributed by atoms with Crippen LogP contribution in [0.25, 0.3) is 0 Å². The van der Waals surface area contributed by atoms with Gasteiger partial charge < -0.3 is 15.4 Å². The zero-order valence-electron chi connectivity index (χ0n) is 14.2. The van der Waals surface area contributed by atoms with Gasteiger partial charge in [0.15, 0.2) is 6.61 Å². The summed E-state index contributed by atoms with van der Waals surface area (Å²) in [5.74, 6) is 0.144. The number of benzene rings is 1. The number of hydrogen-bond donors (Lipinski definition) is 2. The molecule has 0 saturated heterocycles. The Kier molecular flexibility index (Phi) is 7.36. The largest absolute Gasteiger partial charge is 0.483 e. The number of alkyl halides is 1. The highest BCUT2D eigenvalue weighted by molar-refractivity contribution is 6.27. The lowest BCUT2D eigenvalue weighted by Crippen LogP contribution is -2.37. The highest BCUT2D eigenvalue weighted by Gasteiger charge is 2.19. The first kappa shape index (κ1) is 19.3. The Morgan fingerprint density at radius 1 is 1.13 bits per heavy atom. The van der Waals surface area contributed by atoms with E-state index in [-0.39, 0.29) is 29.7 Å². The summed E-state index contributed by atoms with van der Waals surface area (Å²) in [5, 5.41) is 5.25. The third-order valence-corrected chi connectivity index (χ3v) is 3.44. The third-order valence-electron chi connectivity index (χ3n) is 3.19. The number of carbonyl (C=O) groups excluding carboxylic acids is 2. The molecule has 0 fully saturated rings. The molecule has 1 rings (SSSR count). The molecule has 0 radical (unpaired) electrons. The molecule has 0 saturated carbocycles. The first-order valence-electron chi connectivity index (χ1n) is 7.57. The molecule has 0 heterocycles. The summed E-state index contributed by atoms with van der Waals surface area (Å²) in [6.45, 7) is 8.97. The van der Waals surface area contributed by atoms with E-state index in [9.17, 15) is 9.59 Å². The fourth-order valence-electron chi connectivity index (χ4n) is 2.00. The van der Waals surface area contributed by atoms with Gasteiger partial charge in [-0.25, -0.2) is 0 Å². The molecule has 0 bridgehead atoms. The number of nitrogens with one attached hydrogen (secondary N) is 2. The van der Waals surface area contributed by atoms with E-state index in [2.05, 4.69) is 37.5 Å². The number of carbonyl (C=O) groups is 2. The lowest BCUT2D eigenvalue weighted by Gasteiger charge is -2.23. The van der Waals surface area contributed by atoms with E-state index in [0.29, 0.717) is 18.8 Å². The van der Waals surface area contributed by atoms with E-state index in [1.807, 2.05) is 19.1 Å². The average molecular weight is 341 g/mol. The summed E-state index contributed by atoms with van der Waals surface area (Å²) in [7, 11) is 0. The van der Waals surface area contributed by atoms with Crippen molar-refractivity contribution in [3.8, 4) is 5.75 Å². The highest BCUT2D eigenvalue weighted by atomic mass is 35.5. The van der Waals surface area contributed by atoms with Gasteiger partial charge in [0.25, 0.3) is 5.91 Å². The van der Waals surface area contributed by atoms with Gasteiger partial charge in [-0.05, 0) is 24.0 Å². The second-order valence-electron chi connectivity index (χ2n) is 6.37. The predicted octanol–water partition coefficient (Wildman–Crippen LogP) is 2.14. The van der Waals surface area contributed by atoms with Crippen LogP contribution in [-0.4, -0.2) is 37.4 Å². The molecule has 0 aliphatic carbocycles. The minimum Gasteiger partial charge on any atom is -0.483 e. The number of aryl methyl sites for hydroxylation is 1. The Morgan fingerprint density at radius 2 is 1.74 bits per heavy atom. The van der Waals surface area contributed by atoms with Gasteiger partial charge in [-0.15, -0.1) is 11.6 Å².